The van der Waals surface area contributed by atoms with E-state index in [4.69, 9.17) is 11.6 Å². The molecule has 172 valence electrons. The van der Waals surface area contributed by atoms with E-state index in [0.29, 0.717) is 23.2 Å². The average Bonchev–Trinajstić information content (AvgIpc) is 3.42. The van der Waals surface area contributed by atoms with Gasteiger partial charge in [-0.2, -0.15) is 13.2 Å². The Hall–Kier alpha value is -3.53. The molecule has 1 aliphatic heterocycles. The van der Waals surface area contributed by atoms with Crippen molar-refractivity contribution in [2.45, 2.75) is 37.4 Å². The van der Waals surface area contributed by atoms with Crippen molar-refractivity contribution >= 4 is 11.4 Å². The van der Waals surface area contributed by atoms with Crippen LogP contribution in [0.3, 0.4) is 0 Å². The molecule has 2 aliphatic rings. The second-order valence-electron chi connectivity index (χ2n) is 8.52. The first-order chi connectivity index (χ1) is 15.8. The Bertz CT molecular complexity index is 1210. The minimum atomic E-state index is -4.70. The molecule has 0 spiro atoms. The molecule has 6 N–H and O–H groups in total. The Morgan fingerprint density at radius 1 is 1.15 bits per heavy atom. The number of nitrogens with zero attached hydrogens (tertiary/aromatic N) is 3. The first-order valence-electron chi connectivity index (χ1n) is 10.7. The number of hydrogen-bond donors (Lipinski definition) is 4. The third-order valence-electron chi connectivity index (χ3n) is 6.20. The normalized spacial score (nSPS) is 18.5. The molecule has 1 atom stereocenters. The molecule has 1 aromatic carbocycles. The zero-order chi connectivity index (χ0) is 23.2. The van der Waals surface area contributed by atoms with Gasteiger partial charge in [-0.3, -0.25) is 10.8 Å². The molecular formula is C23H24F3N7. The first-order valence-corrected chi connectivity index (χ1v) is 10.7. The molecule has 3 heterocycles. The number of allylic oxidation sites excluding steroid dienone is 1. The summed E-state index contributed by atoms with van der Waals surface area (Å²) in [4.78, 5) is 8.67. The summed E-state index contributed by atoms with van der Waals surface area (Å²) >= 11 is 0. The van der Waals surface area contributed by atoms with Gasteiger partial charge in [0, 0.05) is 42.7 Å². The van der Waals surface area contributed by atoms with Crippen molar-refractivity contribution in [3.63, 3.8) is 0 Å². The number of alkyl halides is 3. The number of pyridine rings is 1. The van der Waals surface area contributed by atoms with Crippen LogP contribution in [0.2, 0.25) is 0 Å². The number of imidazole rings is 1. The van der Waals surface area contributed by atoms with Crippen molar-refractivity contribution in [2.75, 3.05) is 11.9 Å². The van der Waals surface area contributed by atoms with Gasteiger partial charge in [-0.25, -0.2) is 4.98 Å². The summed E-state index contributed by atoms with van der Waals surface area (Å²) in [6, 6.07) is 9.57. The van der Waals surface area contributed by atoms with Crippen molar-refractivity contribution in [3.05, 3.63) is 71.4 Å². The molecule has 1 saturated carbocycles. The van der Waals surface area contributed by atoms with E-state index < -0.39 is 17.6 Å². The van der Waals surface area contributed by atoms with E-state index in [9.17, 15) is 13.2 Å². The molecule has 0 saturated heterocycles. The van der Waals surface area contributed by atoms with Crippen LogP contribution in [0.15, 0.2) is 54.7 Å². The molecule has 2 aromatic heterocycles. The molecule has 1 fully saturated rings. The third kappa shape index (κ3) is 4.25. The van der Waals surface area contributed by atoms with Crippen LogP contribution in [-0.2, 0) is 6.54 Å². The average molecular weight is 455 g/mol. The summed E-state index contributed by atoms with van der Waals surface area (Å²) in [6.45, 7) is 1.58. The molecule has 5 rings (SSSR count). The fourth-order valence-corrected chi connectivity index (χ4v) is 4.30. The number of hydrogen-bond acceptors (Lipinski definition) is 6. The Balaban J connectivity index is 1.37. The van der Waals surface area contributed by atoms with Gasteiger partial charge in [-0.15, -0.1) is 0 Å². The molecule has 33 heavy (non-hydrogen) atoms. The maximum atomic E-state index is 13.1. The van der Waals surface area contributed by atoms with Gasteiger partial charge in [0.25, 0.3) is 0 Å². The molecule has 3 aromatic rings. The van der Waals surface area contributed by atoms with E-state index in [-0.39, 0.29) is 5.56 Å². The molecule has 1 unspecified atom stereocenters. The number of rotatable bonds is 6. The van der Waals surface area contributed by atoms with Crippen LogP contribution >= 0.6 is 0 Å². The number of hydrazine groups is 1. The minimum absolute atomic E-state index is 0.154. The smallest absolute Gasteiger partial charge is 0.397 e. The summed E-state index contributed by atoms with van der Waals surface area (Å²) in [5.74, 6) is 6.05. The molecule has 0 bridgehead atoms. The van der Waals surface area contributed by atoms with Crippen molar-refractivity contribution < 1.29 is 13.2 Å². The Kier molecular flexibility index (Phi) is 5.24. The zero-order valence-corrected chi connectivity index (χ0v) is 17.7. The number of anilines is 1. The standard InChI is InChI=1S/C23H24F3N7/c24-23(25,26)22(32-28)21(27)15-5-6-29-19(8-15)20-11-33(12-31-20)10-16-9-30-18-4-3-14(7-17(16)18)13-1-2-13/h3-8,11-13,16,30,32H,1-2,9-10,27-28H2/b22-21-. The molecule has 10 heteroatoms. The van der Waals surface area contributed by atoms with Gasteiger partial charge in [0.15, 0.2) is 5.70 Å². The number of aromatic nitrogens is 3. The van der Waals surface area contributed by atoms with Crippen molar-refractivity contribution in [1.82, 2.24) is 20.0 Å². The van der Waals surface area contributed by atoms with Gasteiger partial charge >= 0.3 is 6.18 Å². The molecule has 7 nitrogen and oxygen atoms in total. The molecule has 0 radical (unpaired) electrons. The Labute approximate surface area is 188 Å². The fraction of sp³-hybridized carbons (Fsp3) is 0.304. The second kappa shape index (κ2) is 8.11. The van der Waals surface area contributed by atoms with Gasteiger partial charge in [-0.1, -0.05) is 12.1 Å². The highest BCUT2D eigenvalue weighted by Crippen LogP contribution is 2.43. The lowest BCUT2D eigenvalue weighted by molar-refractivity contribution is -0.0961. The lowest BCUT2D eigenvalue weighted by atomic mass is 9.97. The zero-order valence-electron chi connectivity index (χ0n) is 17.7. The van der Waals surface area contributed by atoms with E-state index in [1.807, 2.05) is 10.8 Å². The molecule has 0 amide bonds. The number of halogens is 3. The lowest BCUT2D eigenvalue weighted by Gasteiger charge is -2.14. The van der Waals surface area contributed by atoms with E-state index >= 15 is 0 Å². The van der Waals surface area contributed by atoms with Crippen molar-refractivity contribution in [1.29, 1.82) is 0 Å². The predicted molar refractivity (Wildman–Crippen MR) is 120 cm³/mol. The van der Waals surface area contributed by atoms with E-state index in [0.717, 1.165) is 13.1 Å². The minimum Gasteiger partial charge on any atom is -0.397 e. The van der Waals surface area contributed by atoms with Crippen molar-refractivity contribution in [3.8, 4) is 11.4 Å². The topological polar surface area (TPSA) is 107 Å². The van der Waals surface area contributed by atoms with Crippen molar-refractivity contribution in [2.24, 2.45) is 11.6 Å². The first kappa shape index (κ1) is 21.3. The number of nitrogens with one attached hydrogen (secondary N) is 2. The van der Waals surface area contributed by atoms with Crippen LogP contribution in [0.4, 0.5) is 18.9 Å². The summed E-state index contributed by atoms with van der Waals surface area (Å²) in [6.07, 6.45) is 2.79. The Morgan fingerprint density at radius 3 is 2.70 bits per heavy atom. The molecule has 1 aliphatic carbocycles. The van der Waals surface area contributed by atoms with Gasteiger partial charge in [0.2, 0.25) is 0 Å². The maximum Gasteiger partial charge on any atom is 0.434 e. The summed E-state index contributed by atoms with van der Waals surface area (Å²) in [5.41, 5.74) is 10.7. The second-order valence-corrected chi connectivity index (χ2v) is 8.52. The Morgan fingerprint density at radius 2 is 1.97 bits per heavy atom. The third-order valence-corrected chi connectivity index (χ3v) is 6.20. The predicted octanol–water partition coefficient (Wildman–Crippen LogP) is 3.68. The van der Waals surface area contributed by atoms with Gasteiger partial charge < -0.3 is 21.0 Å². The maximum absolute atomic E-state index is 13.1. The summed E-state index contributed by atoms with van der Waals surface area (Å²) in [7, 11) is 0. The highest BCUT2D eigenvalue weighted by molar-refractivity contribution is 5.70. The lowest BCUT2D eigenvalue weighted by Crippen LogP contribution is -2.34. The van der Waals surface area contributed by atoms with E-state index in [2.05, 4.69) is 33.5 Å². The SMILES string of the molecule is NN/C(=C(\N)c1ccnc(-c2cn(CC3CNc4ccc(C5CC5)cc43)cn2)c1)C(F)(F)F. The number of nitrogens with two attached hydrogens (primary N) is 2. The quantitative estimate of drug-likeness (QED) is 0.334. The van der Waals surface area contributed by atoms with E-state index in [1.165, 1.54) is 48.0 Å². The molecular weight excluding hydrogens is 431 g/mol. The van der Waals surface area contributed by atoms with Gasteiger partial charge in [0.05, 0.1) is 17.7 Å². The summed E-state index contributed by atoms with van der Waals surface area (Å²) < 4.78 is 41.4. The number of fused-ring (bicyclic) bond motifs is 1. The van der Waals surface area contributed by atoms with Crippen LogP contribution in [0.25, 0.3) is 17.1 Å². The van der Waals surface area contributed by atoms with Crippen LogP contribution in [-0.4, -0.2) is 27.3 Å². The van der Waals surface area contributed by atoms with Gasteiger partial charge in [0.1, 0.15) is 5.69 Å². The van der Waals surface area contributed by atoms with Crippen LogP contribution in [0.1, 0.15) is 41.4 Å². The van der Waals surface area contributed by atoms with Crippen LogP contribution in [0.5, 0.6) is 0 Å². The highest BCUT2D eigenvalue weighted by Gasteiger charge is 2.36. The number of benzene rings is 1. The van der Waals surface area contributed by atoms with E-state index in [1.54, 1.807) is 11.8 Å². The fourth-order valence-electron chi connectivity index (χ4n) is 4.30. The largest absolute Gasteiger partial charge is 0.434 e. The van der Waals surface area contributed by atoms with Gasteiger partial charge in [-0.05, 0) is 48.1 Å². The highest BCUT2D eigenvalue weighted by atomic mass is 19.4. The summed E-state index contributed by atoms with van der Waals surface area (Å²) in [5, 5.41) is 3.47. The van der Waals surface area contributed by atoms with Crippen LogP contribution < -0.4 is 22.3 Å². The monoisotopic (exact) mass is 455 g/mol. The van der Waals surface area contributed by atoms with Crippen LogP contribution in [0, 0.1) is 0 Å².